The number of carbonyl (C=O) groups is 1. The van der Waals surface area contributed by atoms with Crippen LogP contribution in [0.3, 0.4) is 0 Å². The first-order valence-electron chi connectivity index (χ1n) is 8.05. The first-order chi connectivity index (χ1) is 10.3. The van der Waals surface area contributed by atoms with E-state index in [0.717, 1.165) is 25.1 Å². The molecule has 0 saturated heterocycles. The summed E-state index contributed by atoms with van der Waals surface area (Å²) in [5, 5.41) is 6.14. The van der Waals surface area contributed by atoms with Gasteiger partial charge in [-0.25, -0.2) is 0 Å². The van der Waals surface area contributed by atoms with Crippen molar-refractivity contribution in [1.29, 1.82) is 0 Å². The topological polar surface area (TPSA) is 41.1 Å². The van der Waals surface area contributed by atoms with Crippen LogP contribution in [0, 0.1) is 0 Å². The highest BCUT2D eigenvalue weighted by molar-refractivity contribution is 5.80. The Morgan fingerprint density at radius 1 is 1.19 bits per heavy atom. The zero-order chi connectivity index (χ0) is 14.9. The van der Waals surface area contributed by atoms with Crippen molar-refractivity contribution in [3.8, 4) is 0 Å². The zero-order valence-electron chi connectivity index (χ0n) is 13.0. The number of amides is 1. The Kier molecular flexibility index (Phi) is 6.32. The van der Waals surface area contributed by atoms with Crippen LogP contribution >= 0.6 is 0 Å². The summed E-state index contributed by atoms with van der Waals surface area (Å²) >= 11 is 0. The first kappa shape index (κ1) is 15.6. The minimum atomic E-state index is 0.0611. The molecule has 1 aromatic rings. The van der Waals surface area contributed by atoms with Gasteiger partial charge in [0.15, 0.2) is 0 Å². The van der Waals surface area contributed by atoms with Crippen molar-refractivity contribution in [2.75, 3.05) is 18.4 Å². The molecule has 0 radical (unpaired) electrons. The Morgan fingerprint density at radius 2 is 2.00 bits per heavy atom. The van der Waals surface area contributed by atoms with Gasteiger partial charge in [-0.15, -0.1) is 0 Å². The smallest absolute Gasteiger partial charge is 0.239 e. The lowest BCUT2D eigenvalue weighted by atomic mass is 9.97. The molecule has 114 valence electrons. The van der Waals surface area contributed by atoms with Gasteiger partial charge in [0, 0.05) is 12.2 Å². The normalized spacial score (nSPS) is 14.4. The molecule has 3 heteroatoms. The van der Waals surface area contributed by atoms with E-state index in [9.17, 15) is 4.79 Å². The van der Waals surface area contributed by atoms with Gasteiger partial charge in [0.2, 0.25) is 5.91 Å². The molecule has 21 heavy (non-hydrogen) atoms. The molecule has 0 heterocycles. The second kappa shape index (κ2) is 8.50. The maximum atomic E-state index is 11.8. The van der Waals surface area contributed by atoms with Crippen molar-refractivity contribution < 1.29 is 4.79 Å². The van der Waals surface area contributed by atoms with Crippen LogP contribution in [-0.2, 0) is 11.2 Å². The van der Waals surface area contributed by atoms with E-state index < -0.39 is 0 Å². The molecule has 1 aliphatic carbocycles. The summed E-state index contributed by atoms with van der Waals surface area (Å²) in [6.07, 6.45) is 9.40. The lowest BCUT2D eigenvalue weighted by Gasteiger charge is -2.13. The van der Waals surface area contributed by atoms with Gasteiger partial charge in [-0.1, -0.05) is 30.7 Å². The molecule has 0 saturated carbocycles. The van der Waals surface area contributed by atoms with Crippen molar-refractivity contribution >= 4 is 11.6 Å². The maximum absolute atomic E-state index is 11.8. The standard InChI is InChI=1S/C18H26N2O/c1-2-15-8-10-17(11-9-15)20-14-18(21)19-13-12-16-6-4-3-5-7-16/h6,8-11,20H,2-5,7,12-14H2,1H3,(H,19,21). The minimum absolute atomic E-state index is 0.0611. The summed E-state index contributed by atoms with van der Waals surface area (Å²) in [5.74, 6) is 0.0611. The number of allylic oxidation sites excluding steroid dienone is 1. The van der Waals surface area contributed by atoms with Crippen LogP contribution in [0.15, 0.2) is 35.9 Å². The van der Waals surface area contributed by atoms with Gasteiger partial charge in [-0.05, 0) is 56.2 Å². The van der Waals surface area contributed by atoms with E-state index >= 15 is 0 Å². The second-order valence-electron chi connectivity index (χ2n) is 5.61. The van der Waals surface area contributed by atoms with Gasteiger partial charge >= 0.3 is 0 Å². The lowest BCUT2D eigenvalue weighted by molar-refractivity contribution is -0.119. The predicted octanol–water partition coefficient (Wildman–Crippen LogP) is 3.67. The first-order valence-corrected chi connectivity index (χ1v) is 8.05. The Balaban J connectivity index is 1.63. The van der Waals surface area contributed by atoms with Crippen molar-refractivity contribution in [1.82, 2.24) is 5.32 Å². The number of hydrogen-bond acceptors (Lipinski definition) is 2. The highest BCUT2D eigenvalue weighted by atomic mass is 16.1. The van der Waals surface area contributed by atoms with Crippen LogP contribution in [0.25, 0.3) is 0 Å². The maximum Gasteiger partial charge on any atom is 0.239 e. The van der Waals surface area contributed by atoms with Crippen LogP contribution in [0.4, 0.5) is 5.69 Å². The van der Waals surface area contributed by atoms with Crippen molar-refractivity contribution in [2.24, 2.45) is 0 Å². The fourth-order valence-corrected chi connectivity index (χ4v) is 2.60. The highest BCUT2D eigenvalue weighted by Gasteiger charge is 2.05. The molecule has 2 N–H and O–H groups in total. The quantitative estimate of drug-likeness (QED) is 0.751. The van der Waals surface area contributed by atoms with E-state index in [-0.39, 0.29) is 5.91 Å². The Bertz CT molecular complexity index is 476. The van der Waals surface area contributed by atoms with Crippen molar-refractivity contribution in [3.63, 3.8) is 0 Å². The van der Waals surface area contributed by atoms with Gasteiger partial charge in [-0.2, -0.15) is 0 Å². The highest BCUT2D eigenvalue weighted by Crippen LogP contribution is 2.19. The van der Waals surface area contributed by atoms with Gasteiger partial charge < -0.3 is 10.6 Å². The van der Waals surface area contributed by atoms with Crippen LogP contribution in [0.5, 0.6) is 0 Å². The zero-order valence-corrected chi connectivity index (χ0v) is 13.0. The molecule has 3 nitrogen and oxygen atoms in total. The fourth-order valence-electron chi connectivity index (χ4n) is 2.60. The van der Waals surface area contributed by atoms with E-state index in [1.807, 2.05) is 12.1 Å². The third-order valence-electron chi connectivity index (χ3n) is 3.97. The molecule has 0 spiro atoms. The number of aryl methyl sites for hydroxylation is 1. The molecule has 0 unspecified atom stereocenters. The molecule has 1 aromatic carbocycles. The minimum Gasteiger partial charge on any atom is -0.376 e. The summed E-state index contributed by atoms with van der Waals surface area (Å²) in [6.45, 7) is 3.23. The molecule has 0 fully saturated rings. The van der Waals surface area contributed by atoms with E-state index in [1.54, 1.807) is 0 Å². The number of hydrogen-bond donors (Lipinski definition) is 2. The summed E-state index contributed by atoms with van der Waals surface area (Å²) < 4.78 is 0. The number of benzene rings is 1. The Labute approximate surface area is 127 Å². The summed E-state index contributed by atoms with van der Waals surface area (Å²) in [7, 11) is 0. The van der Waals surface area contributed by atoms with Crippen LogP contribution in [-0.4, -0.2) is 19.0 Å². The van der Waals surface area contributed by atoms with Gasteiger partial charge in [-0.3, -0.25) is 4.79 Å². The summed E-state index contributed by atoms with van der Waals surface area (Å²) in [4.78, 5) is 11.8. The average molecular weight is 286 g/mol. The van der Waals surface area contributed by atoms with Gasteiger partial charge in [0.25, 0.3) is 0 Å². The Hall–Kier alpha value is -1.77. The molecule has 2 rings (SSSR count). The average Bonchev–Trinajstić information content (AvgIpc) is 2.54. The molecule has 1 aliphatic rings. The predicted molar refractivity (Wildman–Crippen MR) is 88.5 cm³/mol. The monoisotopic (exact) mass is 286 g/mol. The number of rotatable bonds is 7. The number of anilines is 1. The largest absolute Gasteiger partial charge is 0.376 e. The van der Waals surface area contributed by atoms with Crippen molar-refractivity contribution in [2.45, 2.75) is 45.4 Å². The van der Waals surface area contributed by atoms with Gasteiger partial charge in [0.1, 0.15) is 0 Å². The molecule has 0 aliphatic heterocycles. The molecule has 0 bridgehead atoms. The number of nitrogens with one attached hydrogen (secondary N) is 2. The molecular formula is C18H26N2O. The summed E-state index contributed by atoms with van der Waals surface area (Å²) in [5.41, 5.74) is 3.81. The van der Waals surface area contributed by atoms with E-state index in [1.165, 1.54) is 36.8 Å². The summed E-state index contributed by atoms with van der Waals surface area (Å²) in [6, 6.07) is 8.24. The SMILES string of the molecule is CCc1ccc(NCC(=O)NCCC2=CCCCC2)cc1. The lowest BCUT2D eigenvalue weighted by Crippen LogP contribution is -2.30. The van der Waals surface area contributed by atoms with Crippen LogP contribution in [0.1, 0.15) is 44.6 Å². The van der Waals surface area contributed by atoms with E-state index in [2.05, 4.69) is 35.8 Å². The van der Waals surface area contributed by atoms with Crippen LogP contribution < -0.4 is 10.6 Å². The third kappa shape index (κ3) is 5.62. The van der Waals surface area contributed by atoms with E-state index in [4.69, 9.17) is 0 Å². The molecule has 0 atom stereocenters. The third-order valence-corrected chi connectivity index (χ3v) is 3.97. The molecule has 0 aromatic heterocycles. The number of carbonyl (C=O) groups excluding carboxylic acids is 1. The molecule has 1 amide bonds. The van der Waals surface area contributed by atoms with E-state index in [0.29, 0.717) is 6.54 Å². The van der Waals surface area contributed by atoms with Gasteiger partial charge in [0.05, 0.1) is 6.54 Å². The Morgan fingerprint density at radius 3 is 2.67 bits per heavy atom. The fraction of sp³-hybridized carbons (Fsp3) is 0.500. The van der Waals surface area contributed by atoms with Crippen molar-refractivity contribution in [3.05, 3.63) is 41.5 Å². The van der Waals surface area contributed by atoms with Crippen LogP contribution in [0.2, 0.25) is 0 Å². The molecular weight excluding hydrogens is 260 g/mol. The second-order valence-corrected chi connectivity index (χ2v) is 5.61.